The lowest BCUT2D eigenvalue weighted by atomic mass is 10.2. The molecular formula is C13H17FN4O2S. The highest BCUT2D eigenvalue weighted by molar-refractivity contribution is 7.89. The van der Waals surface area contributed by atoms with Crippen LogP contribution < -0.4 is 10.5 Å². The molecule has 2 aromatic rings. The van der Waals surface area contributed by atoms with Crippen LogP contribution in [0.2, 0.25) is 0 Å². The number of nitrogens with one attached hydrogen (secondary N) is 1. The van der Waals surface area contributed by atoms with Crippen molar-refractivity contribution in [2.75, 3.05) is 5.73 Å². The summed E-state index contributed by atoms with van der Waals surface area (Å²) in [5, 5.41) is 4.22. The summed E-state index contributed by atoms with van der Waals surface area (Å²) in [5.74, 6) is -0.645. The molecule has 1 aromatic heterocycles. The molecule has 0 saturated heterocycles. The van der Waals surface area contributed by atoms with Crippen LogP contribution in [0.25, 0.3) is 0 Å². The third-order valence-corrected chi connectivity index (χ3v) is 4.77. The largest absolute Gasteiger partial charge is 0.396 e. The van der Waals surface area contributed by atoms with Gasteiger partial charge in [-0.2, -0.15) is 5.10 Å². The van der Waals surface area contributed by atoms with Crippen molar-refractivity contribution >= 4 is 15.7 Å². The molecule has 3 N–H and O–H groups in total. The number of aryl methyl sites for hydroxylation is 2. The Balaban J connectivity index is 2.23. The van der Waals surface area contributed by atoms with E-state index >= 15 is 0 Å². The number of nitrogens with two attached hydrogens (primary N) is 1. The first kappa shape index (κ1) is 15.5. The van der Waals surface area contributed by atoms with Gasteiger partial charge in [-0.1, -0.05) is 0 Å². The molecule has 0 bridgehead atoms. The summed E-state index contributed by atoms with van der Waals surface area (Å²) >= 11 is 0. The van der Waals surface area contributed by atoms with Crippen molar-refractivity contribution < 1.29 is 12.8 Å². The molecule has 0 aliphatic heterocycles. The van der Waals surface area contributed by atoms with Gasteiger partial charge in [-0.3, -0.25) is 4.68 Å². The Morgan fingerprint density at radius 3 is 2.57 bits per heavy atom. The minimum absolute atomic E-state index is 0.0689. The number of sulfonamides is 1. The van der Waals surface area contributed by atoms with Gasteiger partial charge in [0.1, 0.15) is 5.82 Å². The molecular weight excluding hydrogens is 295 g/mol. The maximum absolute atomic E-state index is 13.1. The lowest BCUT2D eigenvalue weighted by molar-refractivity contribution is 0.580. The van der Waals surface area contributed by atoms with Gasteiger partial charge in [0.05, 0.1) is 16.3 Å². The fourth-order valence-electron chi connectivity index (χ4n) is 2.01. The van der Waals surface area contributed by atoms with Gasteiger partial charge in [-0.05, 0) is 32.0 Å². The molecule has 6 nitrogen and oxygen atoms in total. The number of halogens is 1. The van der Waals surface area contributed by atoms with Crippen LogP contribution in [-0.2, 0) is 23.6 Å². The molecule has 0 aliphatic rings. The Hall–Kier alpha value is -1.93. The van der Waals surface area contributed by atoms with Gasteiger partial charge < -0.3 is 5.73 Å². The first-order chi connectivity index (χ1) is 9.72. The number of hydrogen-bond donors (Lipinski definition) is 2. The van der Waals surface area contributed by atoms with Gasteiger partial charge in [0.25, 0.3) is 0 Å². The van der Waals surface area contributed by atoms with Crippen molar-refractivity contribution in [3.63, 3.8) is 0 Å². The SMILES string of the molecule is Cc1nn(C)c(C)c1CNS(=O)(=O)c1ccc(F)c(N)c1. The maximum atomic E-state index is 13.1. The van der Waals surface area contributed by atoms with Crippen molar-refractivity contribution in [1.29, 1.82) is 0 Å². The lowest BCUT2D eigenvalue weighted by Crippen LogP contribution is -2.24. The van der Waals surface area contributed by atoms with Crippen LogP contribution in [0.4, 0.5) is 10.1 Å². The van der Waals surface area contributed by atoms with Crippen LogP contribution in [0.15, 0.2) is 23.1 Å². The summed E-state index contributed by atoms with van der Waals surface area (Å²) in [6.45, 7) is 3.79. The van der Waals surface area contributed by atoms with E-state index in [1.54, 1.807) is 11.7 Å². The fraction of sp³-hybridized carbons (Fsp3) is 0.308. The van der Waals surface area contributed by atoms with Gasteiger partial charge in [0.15, 0.2) is 0 Å². The summed E-state index contributed by atoms with van der Waals surface area (Å²) in [7, 11) is -1.96. The number of benzene rings is 1. The van der Waals surface area contributed by atoms with Crippen molar-refractivity contribution in [3.05, 3.63) is 41.0 Å². The van der Waals surface area contributed by atoms with Crippen LogP contribution in [0.3, 0.4) is 0 Å². The second kappa shape index (κ2) is 5.45. The Morgan fingerprint density at radius 1 is 1.38 bits per heavy atom. The third-order valence-electron chi connectivity index (χ3n) is 3.38. The number of nitrogens with zero attached hydrogens (tertiary/aromatic N) is 2. The Kier molecular flexibility index (Phi) is 4.02. The standard InChI is InChI=1S/C13H17FN4O2S/c1-8-11(9(2)18(3)17-8)7-16-21(19,20)10-4-5-12(14)13(15)6-10/h4-6,16H,7,15H2,1-3H3. The Morgan fingerprint density at radius 2 is 2.05 bits per heavy atom. The van der Waals surface area contributed by atoms with Crippen molar-refractivity contribution in [3.8, 4) is 0 Å². The fourth-order valence-corrected chi connectivity index (χ4v) is 3.04. The maximum Gasteiger partial charge on any atom is 0.240 e. The number of anilines is 1. The zero-order valence-electron chi connectivity index (χ0n) is 12.0. The van der Waals surface area contributed by atoms with Gasteiger partial charge in [0.2, 0.25) is 10.0 Å². The van der Waals surface area contributed by atoms with E-state index in [0.29, 0.717) is 0 Å². The molecule has 0 saturated carbocycles. The highest BCUT2D eigenvalue weighted by atomic mass is 32.2. The molecule has 0 unspecified atom stereocenters. The number of aromatic nitrogens is 2. The highest BCUT2D eigenvalue weighted by Crippen LogP contribution is 2.18. The van der Waals surface area contributed by atoms with E-state index in [1.807, 2.05) is 13.8 Å². The van der Waals surface area contributed by atoms with E-state index in [-0.39, 0.29) is 17.1 Å². The minimum atomic E-state index is -3.76. The first-order valence-corrected chi connectivity index (χ1v) is 7.74. The van der Waals surface area contributed by atoms with Crippen molar-refractivity contribution in [1.82, 2.24) is 14.5 Å². The summed E-state index contributed by atoms with van der Waals surface area (Å²) < 4.78 is 41.6. The molecule has 0 radical (unpaired) electrons. The second-order valence-electron chi connectivity index (χ2n) is 4.78. The summed E-state index contributed by atoms with van der Waals surface area (Å²) in [5.41, 5.74) is 7.65. The molecule has 0 atom stereocenters. The molecule has 21 heavy (non-hydrogen) atoms. The van der Waals surface area contributed by atoms with Gasteiger partial charge in [-0.25, -0.2) is 17.5 Å². The van der Waals surface area contributed by atoms with Crippen LogP contribution >= 0.6 is 0 Å². The molecule has 1 heterocycles. The zero-order chi connectivity index (χ0) is 15.8. The van der Waals surface area contributed by atoms with E-state index in [9.17, 15) is 12.8 Å². The Labute approximate surface area is 122 Å². The molecule has 0 fully saturated rings. The van der Waals surface area contributed by atoms with Crippen LogP contribution in [-0.4, -0.2) is 18.2 Å². The normalized spacial score (nSPS) is 11.8. The second-order valence-corrected chi connectivity index (χ2v) is 6.55. The van der Waals surface area contributed by atoms with Gasteiger partial charge in [-0.15, -0.1) is 0 Å². The van der Waals surface area contributed by atoms with E-state index < -0.39 is 15.8 Å². The number of rotatable bonds is 4. The molecule has 0 aliphatic carbocycles. The zero-order valence-corrected chi connectivity index (χ0v) is 12.8. The summed E-state index contributed by atoms with van der Waals surface area (Å²) in [6, 6.07) is 3.31. The van der Waals surface area contributed by atoms with Gasteiger partial charge in [0, 0.05) is 24.8 Å². The molecule has 1 aromatic carbocycles. The quantitative estimate of drug-likeness (QED) is 0.831. The lowest BCUT2D eigenvalue weighted by Gasteiger charge is -2.08. The van der Waals surface area contributed by atoms with Crippen molar-refractivity contribution in [2.45, 2.75) is 25.3 Å². The third kappa shape index (κ3) is 3.06. The Bertz CT molecular complexity index is 784. The predicted molar refractivity (Wildman–Crippen MR) is 77.5 cm³/mol. The molecule has 2 rings (SSSR count). The molecule has 0 amide bonds. The predicted octanol–water partition coefficient (Wildman–Crippen LogP) is 1.24. The van der Waals surface area contributed by atoms with Crippen molar-refractivity contribution in [2.24, 2.45) is 7.05 Å². The topological polar surface area (TPSA) is 90.0 Å². The van der Waals surface area contributed by atoms with E-state index in [2.05, 4.69) is 9.82 Å². The molecule has 114 valence electrons. The van der Waals surface area contributed by atoms with E-state index in [1.165, 1.54) is 6.07 Å². The first-order valence-electron chi connectivity index (χ1n) is 6.26. The van der Waals surface area contributed by atoms with Crippen LogP contribution in [0.5, 0.6) is 0 Å². The summed E-state index contributed by atoms with van der Waals surface area (Å²) in [4.78, 5) is -0.0689. The minimum Gasteiger partial charge on any atom is -0.396 e. The monoisotopic (exact) mass is 312 g/mol. The van der Waals surface area contributed by atoms with Crippen LogP contribution in [0.1, 0.15) is 17.0 Å². The average Bonchev–Trinajstić information content (AvgIpc) is 2.64. The van der Waals surface area contributed by atoms with Crippen LogP contribution in [0, 0.1) is 19.7 Å². The number of nitrogen functional groups attached to an aromatic ring is 1. The van der Waals surface area contributed by atoms with E-state index in [4.69, 9.17) is 5.73 Å². The average molecular weight is 312 g/mol. The molecule has 0 spiro atoms. The van der Waals surface area contributed by atoms with E-state index in [0.717, 1.165) is 29.1 Å². The molecule has 8 heteroatoms. The smallest absolute Gasteiger partial charge is 0.240 e. The number of hydrogen-bond acceptors (Lipinski definition) is 4. The summed E-state index contributed by atoms with van der Waals surface area (Å²) in [6.07, 6.45) is 0. The van der Waals surface area contributed by atoms with Gasteiger partial charge >= 0.3 is 0 Å². The highest BCUT2D eigenvalue weighted by Gasteiger charge is 2.17.